The van der Waals surface area contributed by atoms with E-state index in [4.69, 9.17) is 10.5 Å². The van der Waals surface area contributed by atoms with Crippen LogP contribution in [0.2, 0.25) is 0 Å². The second-order valence-electron chi connectivity index (χ2n) is 5.14. The van der Waals surface area contributed by atoms with Gasteiger partial charge in [-0.3, -0.25) is 4.57 Å². The minimum Gasteiger partial charge on any atom is -0.377 e. The summed E-state index contributed by atoms with van der Waals surface area (Å²) in [5.74, 6) is 0.665. The molecule has 1 unspecified atom stereocenters. The minimum atomic E-state index is -0.381. The van der Waals surface area contributed by atoms with Crippen molar-refractivity contribution in [3.8, 4) is 0 Å². The molecule has 0 radical (unpaired) electrons. The lowest BCUT2D eigenvalue weighted by molar-refractivity contribution is 0.00665. The highest BCUT2D eigenvalue weighted by atomic mass is 32.2. The second-order valence-corrected chi connectivity index (χ2v) is 6.12. The Labute approximate surface area is 110 Å². The van der Waals surface area contributed by atoms with Crippen LogP contribution in [0.1, 0.15) is 32.7 Å². The number of nitrogens with zero attached hydrogens (tertiary/aromatic N) is 2. The first-order valence-electron chi connectivity index (χ1n) is 6.06. The number of rotatable bonds is 6. The van der Waals surface area contributed by atoms with Gasteiger partial charge in [-0.2, -0.15) is 0 Å². The van der Waals surface area contributed by atoms with E-state index in [0.29, 0.717) is 11.8 Å². The van der Waals surface area contributed by atoms with Crippen LogP contribution in [0.3, 0.4) is 0 Å². The van der Waals surface area contributed by atoms with Gasteiger partial charge in [-0.1, -0.05) is 11.8 Å². The van der Waals surface area contributed by atoms with Crippen LogP contribution >= 0.6 is 11.8 Å². The van der Waals surface area contributed by atoms with E-state index in [1.807, 2.05) is 13.8 Å². The van der Waals surface area contributed by atoms with Crippen LogP contribution in [0.5, 0.6) is 0 Å². The number of nitrogens with one attached hydrogen (secondary N) is 1. The summed E-state index contributed by atoms with van der Waals surface area (Å²) < 4.78 is 7.08. The van der Waals surface area contributed by atoms with Gasteiger partial charge in [-0.05, 0) is 26.7 Å². The van der Waals surface area contributed by atoms with Gasteiger partial charge >= 0.3 is 5.69 Å². The molecule has 0 saturated heterocycles. The van der Waals surface area contributed by atoms with Crippen LogP contribution in [-0.2, 0) is 4.74 Å². The van der Waals surface area contributed by atoms with Crippen molar-refractivity contribution in [2.75, 3.05) is 12.9 Å². The zero-order valence-electron chi connectivity index (χ0n) is 11.0. The lowest BCUT2D eigenvalue weighted by Gasteiger charge is -2.29. The monoisotopic (exact) mass is 272 g/mol. The Balaban J connectivity index is 2.00. The highest BCUT2D eigenvalue weighted by Gasteiger charge is 2.30. The van der Waals surface area contributed by atoms with Gasteiger partial charge in [0, 0.05) is 24.9 Å². The molecule has 2 rings (SSSR count). The second kappa shape index (κ2) is 5.07. The third-order valence-electron chi connectivity index (χ3n) is 3.40. The van der Waals surface area contributed by atoms with Gasteiger partial charge in [0.05, 0.1) is 5.60 Å². The molecule has 102 valence electrons. The van der Waals surface area contributed by atoms with E-state index in [0.717, 1.165) is 18.0 Å². The molecule has 7 heteroatoms. The molecular formula is C11H20N4O2S. The van der Waals surface area contributed by atoms with Crippen LogP contribution in [-0.4, -0.2) is 39.3 Å². The standard InChI is InChI=1S/C11H20N4O2S/c1-11(2,17-3)8(12)6-18-10-14-13-9(16)15(10)7-4-5-7/h7-8H,4-6,12H2,1-3H3,(H,13,16). The summed E-state index contributed by atoms with van der Waals surface area (Å²) in [6.07, 6.45) is 2.12. The van der Waals surface area contributed by atoms with E-state index in [-0.39, 0.29) is 17.3 Å². The van der Waals surface area contributed by atoms with Crippen molar-refractivity contribution in [2.24, 2.45) is 5.73 Å². The van der Waals surface area contributed by atoms with E-state index in [9.17, 15) is 4.79 Å². The molecule has 1 aliphatic rings. The van der Waals surface area contributed by atoms with Crippen molar-refractivity contribution in [1.82, 2.24) is 14.8 Å². The molecule has 1 saturated carbocycles. The molecule has 18 heavy (non-hydrogen) atoms. The number of H-pyrrole nitrogens is 1. The van der Waals surface area contributed by atoms with E-state index in [1.54, 1.807) is 11.7 Å². The van der Waals surface area contributed by atoms with Gasteiger partial charge in [-0.15, -0.1) is 5.10 Å². The fourth-order valence-electron chi connectivity index (χ4n) is 1.56. The summed E-state index contributed by atoms with van der Waals surface area (Å²) in [6.45, 7) is 3.91. The Bertz CT molecular complexity index is 464. The molecule has 0 bridgehead atoms. The lowest BCUT2D eigenvalue weighted by Crippen LogP contribution is -2.46. The molecule has 1 fully saturated rings. The van der Waals surface area contributed by atoms with E-state index in [1.165, 1.54) is 11.8 Å². The van der Waals surface area contributed by atoms with Gasteiger partial charge in [0.15, 0.2) is 5.16 Å². The molecule has 1 atom stereocenters. The van der Waals surface area contributed by atoms with E-state index < -0.39 is 0 Å². The summed E-state index contributed by atoms with van der Waals surface area (Å²) in [5, 5.41) is 7.28. The van der Waals surface area contributed by atoms with Crippen molar-refractivity contribution >= 4 is 11.8 Å². The Morgan fingerprint density at radius 1 is 1.67 bits per heavy atom. The third kappa shape index (κ3) is 2.78. The lowest BCUT2D eigenvalue weighted by atomic mass is 10.0. The molecular weight excluding hydrogens is 252 g/mol. The Morgan fingerprint density at radius 2 is 2.33 bits per heavy atom. The molecule has 1 aliphatic carbocycles. The van der Waals surface area contributed by atoms with Crippen molar-refractivity contribution in [1.29, 1.82) is 0 Å². The van der Waals surface area contributed by atoms with Gasteiger partial charge in [0.1, 0.15) is 0 Å². The van der Waals surface area contributed by atoms with Crippen LogP contribution < -0.4 is 11.4 Å². The molecule has 1 aromatic rings. The number of thioether (sulfide) groups is 1. The van der Waals surface area contributed by atoms with Crippen molar-refractivity contribution in [2.45, 2.75) is 49.5 Å². The average Bonchev–Trinajstić information content (AvgIpc) is 3.10. The van der Waals surface area contributed by atoms with Crippen molar-refractivity contribution < 1.29 is 4.74 Å². The van der Waals surface area contributed by atoms with Crippen LogP contribution in [0.4, 0.5) is 0 Å². The zero-order valence-corrected chi connectivity index (χ0v) is 11.8. The van der Waals surface area contributed by atoms with Crippen LogP contribution in [0.15, 0.2) is 9.95 Å². The van der Waals surface area contributed by atoms with Crippen molar-refractivity contribution in [3.05, 3.63) is 10.5 Å². The number of hydrogen-bond donors (Lipinski definition) is 2. The van der Waals surface area contributed by atoms with Gasteiger partial charge in [0.25, 0.3) is 0 Å². The van der Waals surface area contributed by atoms with Gasteiger partial charge < -0.3 is 10.5 Å². The molecule has 0 amide bonds. The average molecular weight is 272 g/mol. The number of hydrogen-bond acceptors (Lipinski definition) is 5. The number of nitrogens with two attached hydrogens (primary N) is 1. The predicted molar refractivity (Wildman–Crippen MR) is 70.9 cm³/mol. The number of methoxy groups -OCH3 is 1. The smallest absolute Gasteiger partial charge is 0.344 e. The van der Waals surface area contributed by atoms with Crippen molar-refractivity contribution in [3.63, 3.8) is 0 Å². The fraction of sp³-hybridized carbons (Fsp3) is 0.818. The quantitative estimate of drug-likeness (QED) is 0.746. The maximum atomic E-state index is 11.6. The number of aromatic nitrogens is 3. The zero-order chi connectivity index (χ0) is 13.3. The van der Waals surface area contributed by atoms with Crippen LogP contribution in [0, 0.1) is 0 Å². The summed E-state index contributed by atoms with van der Waals surface area (Å²) in [4.78, 5) is 11.6. The Morgan fingerprint density at radius 3 is 2.89 bits per heavy atom. The van der Waals surface area contributed by atoms with E-state index in [2.05, 4.69) is 10.2 Å². The Hall–Kier alpha value is -0.790. The molecule has 1 heterocycles. The molecule has 0 aromatic carbocycles. The maximum absolute atomic E-state index is 11.6. The van der Waals surface area contributed by atoms with Gasteiger partial charge in [-0.25, -0.2) is 9.89 Å². The first kappa shape index (κ1) is 13.6. The fourth-order valence-corrected chi connectivity index (χ4v) is 2.77. The molecule has 3 N–H and O–H groups in total. The largest absolute Gasteiger partial charge is 0.377 e. The topological polar surface area (TPSA) is 85.9 Å². The van der Waals surface area contributed by atoms with E-state index >= 15 is 0 Å². The third-order valence-corrected chi connectivity index (χ3v) is 4.47. The Kier molecular flexibility index (Phi) is 3.84. The summed E-state index contributed by atoms with van der Waals surface area (Å²) in [5.41, 5.74) is 5.58. The normalized spacial score (nSPS) is 18.0. The number of aromatic amines is 1. The SMILES string of the molecule is COC(C)(C)C(N)CSc1n[nH]c(=O)n1C1CC1. The molecule has 0 spiro atoms. The first-order valence-corrected chi connectivity index (χ1v) is 7.04. The summed E-state index contributed by atoms with van der Waals surface area (Å²) in [6, 6.07) is 0.206. The summed E-state index contributed by atoms with van der Waals surface area (Å²) >= 11 is 1.50. The highest BCUT2D eigenvalue weighted by Crippen LogP contribution is 2.36. The summed E-state index contributed by atoms with van der Waals surface area (Å²) in [7, 11) is 1.65. The highest BCUT2D eigenvalue weighted by molar-refractivity contribution is 7.99. The molecule has 1 aromatic heterocycles. The maximum Gasteiger partial charge on any atom is 0.344 e. The predicted octanol–water partition coefficient (Wildman–Crippen LogP) is 0.751. The number of ether oxygens (including phenoxy) is 1. The van der Waals surface area contributed by atoms with Crippen LogP contribution in [0.25, 0.3) is 0 Å². The molecule has 0 aliphatic heterocycles. The minimum absolute atomic E-state index is 0.119. The molecule has 6 nitrogen and oxygen atoms in total. The van der Waals surface area contributed by atoms with Gasteiger partial charge in [0.2, 0.25) is 0 Å². The first-order chi connectivity index (χ1) is 8.45.